The molecule has 4 heteroatoms. The van der Waals surface area contributed by atoms with Gasteiger partial charge in [0.15, 0.2) is 0 Å². The van der Waals surface area contributed by atoms with Crippen molar-refractivity contribution in [2.45, 2.75) is 0 Å². The fourth-order valence-electron chi connectivity index (χ4n) is 9.82. The molecule has 0 saturated carbocycles. The number of hydrogen-bond acceptors (Lipinski definition) is 2. The number of benzene rings is 9. The van der Waals surface area contributed by atoms with Crippen LogP contribution in [0.25, 0.3) is 105 Å². The molecule has 58 heavy (non-hydrogen) atoms. The zero-order chi connectivity index (χ0) is 37.9. The van der Waals surface area contributed by atoms with Crippen LogP contribution in [0.2, 0.25) is 0 Å². The molecule has 13 rings (SSSR count). The minimum absolute atomic E-state index is 0.657. The van der Waals surface area contributed by atoms with Gasteiger partial charge in [0.25, 0.3) is 0 Å². The quantitative estimate of drug-likeness (QED) is 0.180. The van der Waals surface area contributed by atoms with Gasteiger partial charge in [0, 0.05) is 43.6 Å². The van der Waals surface area contributed by atoms with E-state index in [1.54, 1.807) is 0 Å². The van der Waals surface area contributed by atoms with Crippen LogP contribution in [-0.4, -0.2) is 19.1 Å². The van der Waals surface area contributed by atoms with Crippen LogP contribution >= 0.6 is 0 Å². The van der Waals surface area contributed by atoms with Gasteiger partial charge in [-0.3, -0.25) is 4.57 Å². The maximum Gasteiger partial charge on any atom is 0.235 e. The lowest BCUT2D eigenvalue weighted by Crippen LogP contribution is -2.06. The molecule has 268 valence electrons. The highest BCUT2D eigenvalue weighted by Crippen LogP contribution is 2.50. The van der Waals surface area contributed by atoms with Gasteiger partial charge in [0.05, 0.1) is 39.0 Å². The summed E-state index contributed by atoms with van der Waals surface area (Å²) in [4.78, 5) is 10.8. The van der Waals surface area contributed by atoms with Crippen molar-refractivity contribution in [3.05, 3.63) is 211 Å². The van der Waals surface area contributed by atoms with E-state index in [1.165, 1.54) is 76.4 Å². The third kappa shape index (κ3) is 4.29. The summed E-state index contributed by atoms with van der Waals surface area (Å²) in [5.41, 5.74) is 13.3. The average molecular weight is 737 g/mol. The summed E-state index contributed by atoms with van der Waals surface area (Å²) in [6.07, 6.45) is 0. The average Bonchev–Trinajstić information content (AvgIpc) is 3.75. The molecular formula is C54H32N4. The number of hydrogen-bond donors (Lipinski definition) is 0. The van der Waals surface area contributed by atoms with Crippen molar-refractivity contribution in [3.8, 4) is 17.2 Å². The van der Waals surface area contributed by atoms with Crippen molar-refractivity contribution in [1.29, 1.82) is 0 Å². The van der Waals surface area contributed by atoms with Gasteiger partial charge in [0.1, 0.15) is 0 Å². The van der Waals surface area contributed by atoms with Crippen LogP contribution in [0.15, 0.2) is 194 Å². The Bertz CT molecular complexity index is 3720. The van der Waals surface area contributed by atoms with Crippen LogP contribution in [0.3, 0.4) is 0 Å². The molecule has 9 aromatic carbocycles. The van der Waals surface area contributed by atoms with Crippen molar-refractivity contribution >= 4 is 87.3 Å². The van der Waals surface area contributed by atoms with Gasteiger partial charge in [-0.05, 0) is 69.1 Å². The Kier molecular flexibility index (Phi) is 6.41. The maximum atomic E-state index is 5.44. The standard InChI is InChI=1S/C54H32N4/c1-3-15-33(16-4-1)49-40-24-13-21-34-29-30-46-51(48(34)40)50-41(53(49)57-44-27-12-10-22-38(44)42-31-36-19-7-8-20-37(36)32-47(42)57)25-14-28-45(50)58(46)54-55-43-26-11-9-23-39(43)52(56-54)35-17-5-2-6-18-35/h1-32H. The van der Waals surface area contributed by atoms with E-state index in [0.29, 0.717) is 5.95 Å². The molecule has 0 bridgehead atoms. The number of aromatic nitrogens is 4. The monoisotopic (exact) mass is 736 g/mol. The summed E-state index contributed by atoms with van der Waals surface area (Å²) >= 11 is 0. The lowest BCUT2D eigenvalue weighted by atomic mass is 9.90. The first-order valence-corrected chi connectivity index (χ1v) is 19.8. The summed E-state index contributed by atoms with van der Waals surface area (Å²) in [5, 5.41) is 10.8. The van der Waals surface area contributed by atoms with Crippen LogP contribution < -0.4 is 0 Å². The molecule has 0 aliphatic heterocycles. The normalized spacial score (nSPS) is 12.8. The molecule has 12 aromatic rings. The molecule has 4 nitrogen and oxygen atoms in total. The summed E-state index contributed by atoms with van der Waals surface area (Å²) in [7, 11) is 0. The second-order valence-corrected chi connectivity index (χ2v) is 15.3. The maximum absolute atomic E-state index is 5.44. The van der Waals surface area contributed by atoms with Gasteiger partial charge in [0.2, 0.25) is 5.95 Å². The second-order valence-electron chi connectivity index (χ2n) is 15.3. The minimum atomic E-state index is 0.657. The molecule has 0 atom stereocenters. The van der Waals surface area contributed by atoms with Crippen LogP contribution in [-0.2, 0) is 0 Å². The van der Waals surface area contributed by atoms with Gasteiger partial charge in [-0.15, -0.1) is 0 Å². The van der Waals surface area contributed by atoms with Gasteiger partial charge in [-0.2, -0.15) is 0 Å². The Labute approximate surface area is 333 Å². The van der Waals surface area contributed by atoms with E-state index in [2.05, 4.69) is 203 Å². The van der Waals surface area contributed by atoms with Crippen molar-refractivity contribution in [1.82, 2.24) is 19.1 Å². The van der Waals surface area contributed by atoms with Crippen molar-refractivity contribution in [2.24, 2.45) is 0 Å². The summed E-state index contributed by atoms with van der Waals surface area (Å²) < 4.78 is 4.84. The third-order valence-electron chi connectivity index (χ3n) is 12.2. The highest BCUT2D eigenvalue weighted by molar-refractivity contribution is 6.31. The predicted octanol–water partition coefficient (Wildman–Crippen LogP) is 13.6. The Morgan fingerprint density at radius 3 is 1.83 bits per heavy atom. The molecule has 0 N–H and O–H groups in total. The topological polar surface area (TPSA) is 35.6 Å². The molecule has 0 amide bonds. The summed E-state index contributed by atoms with van der Waals surface area (Å²) in [5.74, 6) is 0.657. The first-order chi connectivity index (χ1) is 28.8. The lowest BCUT2D eigenvalue weighted by molar-refractivity contribution is 1.01. The van der Waals surface area contributed by atoms with Gasteiger partial charge >= 0.3 is 0 Å². The number of para-hydroxylation sites is 2. The van der Waals surface area contributed by atoms with E-state index in [9.17, 15) is 0 Å². The van der Waals surface area contributed by atoms with Crippen molar-refractivity contribution in [2.75, 3.05) is 0 Å². The number of fused-ring (bicyclic) bond motifs is 5. The molecule has 3 heterocycles. The molecule has 0 saturated heterocycles. The van der Waals surface area contributed by atoms with Gasteiger partial charge < -0.3 is 4.57 Å². The number of nitrogens with zero attached hydrogens (tertiary/aromatic N) is 4. The van der Waals surface area contributed by atoms with Gasteiger partial charge in [-0.1, -0.05) is 158 Å². The first kappa shape index (κ1) is 31.4. The summed E-state index contributed by atoms with van der Waals surface area (Å²) in [6.45, 7) is 0. The zero-order valence-corrected chi connectivity index (χ0v) is 31.3. The van der Waals surface area contributed by atoms with Crippen LogP contribution in [0.4, 0.5) is 0 Å². The molecule has 0 radical (unpaired) electrons. The zero-order valence-electron chi connectivity index (χ0n) is 31.3. The van der Waals surface area contributed by atoms with Crippen LogP contribution in [0.5, 0.6) is 0 Å². The Morgan fingerprint density at radius 2 is 0.983 bits per heavy atom. The highest BCUT2D eigenvalue weighted by atomic mass is 15.2. The summed E-state index contributed by atoms with van der Waals surface area (Å²) in [6, 6.07) is 70.3. The first-order valence-electron chi connectivity index (χ1n) is 19.8. The third-order valence-corrected chi connectivity index (χ3v) is 12.2. The van der Waals surface area contributed by atoms with Crippen LogP contribution in [0, 0.1) is 0 Å². The Morgan fingerprint density at radius 1 is 0.345 bits per heavy atom. The molecular weight excluding hydrogens is 705 g/mol. The Balaban J connectivity index is 1.24. The Hall–Kier alpha value is -7.82. The van der Waals surface area contributed by atoms with Crippen molar-refractivity contribution < 1.29 is 0 Å². The van der Waals surface area contributed by atoms with E-state index in [1.807, 2.05) is 0 Å². The SMILES string of the molecule is c1ccc(C2=C(n3c4ccccc4c4cc5ccccc5cc43)c3cccc4c3c3c5c2cccc5ccc3n4-c2nc(-c3ccccc3)c3ccccc3n2)cc1. The van der Waals surface area contributed by atoms with E-state index < -0.39 is 0 Å². The lowest BCUT2D eigenvalue weighted by Gasteiger charge is -2.21. The fourth-order valence-corrected chi connectivity index (χ4v) is 9.82. The fraction of sp³-hybridized carbons (Fsp3) is 0. The number of rotatable bonds is 4. The molecule has 1 aliphatic carbocycles. The highest BCUT2D eigenvalue weighted by Gasteiger charge is 2.30. The molecule has 0 fully saturated rings. The van der Waals surface area contributed by atoms with E-state index >= 15 is 0 Å². The largest absolute Gasteiger partial charge is 0.308 e. The molecule has 3 aromatic heterocycles. The minimum Gasteiger partial charge on any atom is -0.308 e. The van der Waals surface area contributed by atoms with E-state index in [0.717, 1.165) is 38.9 Å². The molecule has 1 aliphatic rings. The van der Waals surface area contributed by atoms with Gasteiger partial charge in [-0.25, -0.2) is 9.97 Å². The van der Waals surface area contributed by atoms with E-state index in [-0.39, 0.29) is 0 Å². The van der Waals surface area contributed by atoms with Crippen molar-refractivity contribution in [3.63, 3.8) is 0 Å². The molecule has 0 unspecified atom stereocenters. The predicted molar refractivity (Wildman–Crippen MR) is 242 cm³/mol. The second kappa shape index (κ2) is 11.8. The molecule has 0 spiro atoms. The van der Waals surface area contributed by atoms with E-state index in [4.69, 9.17) is 9.97 Å². The van der Waals surface area contributed by atoms with Crippen LogP contribution in [0.1, 0.15) is 16.7 Å². The smallest absolute Gasteiger partial charge is 0.235 e.